The Bertz CT molecular complexity index is 1240. The molecule has 0 radical (unpaired) electrons. The highest BCUT2D eigenvalue weighted by Crippen LogP contribution is 2.46. The van der Waals surface area contributed by atoms with Crippen molar-refractivity contribution in [2.45, 2.75) is 75.1 Å². The van der Waals surface area contributed by atoms with Crippen LogP contribution in [0, 0.1) is 0 Å². The lowest BCUT2D eigenvalue weighted by Gasteiger charge is -2.18. The second-order valence-corrected chi connectivity index (χ2v) is 12.8. The van der Waals surface area contributed by atoms with Crippen molar-refractivity contribution in [3.05, 3.63) is 32.9 Å². The summed E-state index contributed by atoms with van der Waals surface area (Å²) in [5.41, 5.74) is -0.173. The van der Waals surface area contributed by atoms with Gasteiger partial charge in [0, 0.05) is 18.0 Å². The molecule has 0 unspecified atom stereocenters. The highest BCUT2D eigenvalue weighted by molar-refractivity contribution is 7.89. The van der Waals surface area contributed by atoms with E-state index in [4.69, 9.17) is 23.2 Å². The van der Waals surface area contributed by atoms with Crippen molar-refractivity contribution < 1.29 is 31.5 Å². The van der Waals surface area contributed by atoms with E-state index >= 15 is 0 Å². The number of carbonyl (C=O) groups excluding carboxylic acids is 1. The van der Waals surface area contributed by atoms with Crippen molar-refractivity contribution in [3.63, 3.8) is 0 Å². The summed E-state index contributed by atoms with van der Waals surface area (Å²) in [6, 6.07) is 0.101. The molecule has 3 N–H and O–H groups in total. The highest BCUT2D eigenvalue weighted by Gasteiger charge is 2.39. The van der Waals surface area contributed by atoms with Gasteiger partial charge in [-0.3, -0.25) is 4.79 Å². The Kier molecular flexibility index (Phi) is 8.69. The van der Waals surface area contributed by atoms with Crippen LogP contribution in [0.4, 0.5) is 13.2 Å². The van der Waals surface area contributed by atoms with Crippen LogP contribution in [0.25, 0.3) is 10.4 Å². The number of aliphatic hydroxyl groups is 1. The molecule has 1 saturated carbocycles. The van der Waals surface area contributed by atoms with E-state index in [9.17, 15) is 31.5 Å². The highest BCUT2D eigenvalue weighted by atomic mass is 35.5. The standard InChI is InChI=1S/C22H26Cl2F3N3O4S2/c1-11(22(25,26)27)30-36(33,34)14-9-8-13(15(23)16(14)24)18-17(12-6-4-5-7-12)29-20(35-18)19(31)28-10-21(2,3)32/h8-9,11-12,30,32H,4-7,10H2,1-3H3,(H,28,31)/t11-/m0/s1. The number of alkyl halides is 3. The normalized spacial score (nSPS) is 16.4. The van der Waals surface area contributed by atoms with E-state index in [1.165, 1.54) is 6.07 Å². The summed E-state index contributed by atoms with van der Waals surface area (Å²) in [6.07, 6.45) is -1.13. The molecule has 200 valence electrons. The van der Waals surface area contributed by atoms with E-state index in [1.807, 2.05) is 0 Å². The summed E-state index contributed by atoms with van der Waals surface area (Å²) < 4.78 is 65.5. The molecule has 1 aliphatic rings. The summed E-state index contributed by atoms with van der Waals surface area (Å²) in [6.45, 7) is 3.78. The van der Waals surface area contributed by atoms with Gasteiger partial charge in [0.1, 0.15) is 10.9 Å². The predicted octanol–water partition coefficient (Wildman–Crippen LogP) is 5.50. The Morgan fingerprint density at radius 1 is 1.22 bits per heavy atom. The molecule has 0 aliphatic heterocycles. The van der Waals surface area contributed by atoms with Crippen molar-refractivity contribution >= 4 is 50.5 Å². The number of nitrogens with one attached hydrogen (secondary N) is 2. The number of rotatable bonds is 8. The van der Waals surface area contributed by atoms with Crippen LogP contribution in [0.15, 0.2) is 17.0 Å². The van der Waals surface area contributed by atoms with Crippen molar-refractivity contribution in [1.82, 2.24) is 15.0 Å². The summed E-state index contributed by atoms with van der Waals surface area (Å²) in [4.78, 5) is 17.2. The van der Waals surface area contributed by atoms with Crippen LogP contribution in [0.2, 0.25) is 10.0 Å². The Labute approximate surface area is 221 Å². The second kappa shape index (κ2) is 10.7. The van der Waals surface area contributed by atoms with Crippen molar-refractivity contribution in [1.29, 1.82) is 0 Å². The third kappa shape index (κ3) is 6.70. The fourth-order valence-corrected chi connectivity index (χ4v) is 7.00. The number of hydrogen-bond acceptors (Lipinski definition) is 6. The third-order valence-corrected chi connectivity index (χ3v) is 9.36. The maximum Gasteiger partial charge on any atom is 0.404 e. The van der Waals surface area contributed by atoms with Crippen molar-refractivity contribution in [2.75, 3.05) is 6.54 Å². The average molecular weight is 589 g/mol. The van der Waals surface area contributed by atoms with Crippen LogP contribution in [0.3, 0.4) is 0 Å². The van der Waals surface area contributed by atoms with Gasteiger partial charge in [-0.2, -0.15) is 17.9 Å². The minimum Gasteiger partial charge on any atom is -0.389 e. The van der Waals surface area contributed by atoms with Gasteiger partial charge < -0.3 is 10.4 Å². The van der Waals surface area contributed by atoms with Crippen LogP contribution >= 0.6 is 34.5 Å². The van der Waals surface area contributed by atoms with Gasteiger partial charge in [-0.25, -0.2) is 13.4 Å². The molecule has 1 amide bonds. The fraction of sp³-hybridized carbons (Fsp3) is 0.545. The number of benzene rings is 1. The van der Waals surface area contributed by atoms with Crippen molar-refractivity contribution in [3.8, 4) is 10.4 Å². The predicted molar refractivity (Wildman–Crippen MR) is 133 cm³/mol. The van der Waals surface area contributed by atoms with E-state index in [-0.39, 0.29) is 22.5 Å². The monoisotopic (exact) mass is 587 g/mol. The fourth-order valence-electron chi connectivity index (χ4n) is 3.75. The van der Waals surface area contributed by atoms with Gasteiger partial charge >= 0.3 is 6.18 Å². The van der Waals surface area contributed by atoms with Gasteiger partial charge in [0.05, 0.1) is 26.2 Å². The lowest BCUT2D eigenvalue weighted by molar-refractivity contribution is -0.147. The summed E-state index contributed by atoms with van der Waals surface area (Å²) >= 11 is 13.8. The molecule has 14 heteroatoms. The topological polar surface area (TPSA) is 108 Å². The van der Waals surface area contributed by atoms with Crippen LogP contribution < -0.4 is 10.0 Å². The molecular weight excluding hydrogens is 562 g/mol. The molecule has 1 atom stereocenters. The first-order valence-electron chi connectivity index (χ1n) is 11.1. The molecule has 0 spiro atoms. The zero-order valence-electron chi connectivity index (χ0n) is 19.7. The minimum atomic E-state index is -4.79. The molecule has 0 saturated heterocycles. The number of carbonyl (C=O) groups is 1. The molecule has 1 fully saturated rings. The molecule has 2 aromatic rings. The van der Waals surface area contributed by atoms with Gasteiger partial charge in [-0.1, -0.05) is 42.1 Å². The first-order valence-corrected chi connectivity index (χ1v) is 14.2. The molecule has 36 heavy (non-hydrogen) atoms. The second-order valence-electron chi connectivity index (χ2n) is 9.33. The number of halogens is 5. The number of aromatic nitrogens is 1. The van der Waals surface area contributed by atoms with E-state index < -0.39 is 43.7 Å². The van der Waals surface area contributed by atoms with E-state index in [2.05, 4.69) is 10.3 Å². The van der Waals surface area contributed by atoms with E-state index in [0.717, 1.165) is 43.1 Å². The zero-order chi connectivity index (χ0) is 27.1. The molecular formula is C22H26Cl2F3N3O4S2. The smallest absolute Gasteiger partial charge is 0.389 e. The quantitative estimate of drug-likeness (QED) is 0.377. The average Bonchev–Trinajstić information content (AvgIpc) is 3.42. The SMILES string of the molecule is C[C@H](NS(=O)(=O)c1ccc(-c2sc(C(=O)NCC(C)(C)O)nc2C2CCCC2)c(Cl)c1Cl)C(F)(F)F. The number of nitrogens with zero attached hydrogens (tertiary/aromatic N) is 1. The van der Waals surface area contributed by atoms with E-state index in [1.54, 1.807) is 18.6 Å². The summed E-state index contributed by atoms with van der Waals surface area (Å²) in [5.74, 6) is -0.431. The molecule has 3 rings (SSSR count). The molecule has 1 aromatic carbocycles. The maximum atomic E-state index is 12.9. The minimum absolute atomic E-state index is 0.00198. The Hall–Kier alpha value is -1.44. The number of hydrogen-bond donors (Lipinski definition) is 3. The summed E-state index contributed by atoms with van der Waals surface area (Å²) in [7, 11) is -4.64. The van der Waals surface area contributed by atoms with Crippen LogP contribution in [0.5, 0.6) is 0 Å². The number of amides is 1. The van der Waals surface area contributed by atoms with E-state index in [0.29, 0.717) is 23.1 Å². The van der Waals surface area contributed by atoms with Gasteiger partial charge in [0.2, 0.25) is 10.0 Å². The van der Waals surface area contributed by atoms with Gasteiger partial charge in [-0.15, -0.1) is 11.3 Å². The molecule has 1 heterocycles. The zero-order valence-corrected chi connectivity index (χ0v) is 22.8. The molecule has 7 nitrogen and oxygen atoms in total. The van der Waals surface area contributed by atoms with Crippen LogP contribution in [-0.4, -0.2) is 48.8 Å². The van der Waals surface area contributed by atoms with Crippen LogP contribution in [-0.2, 0) is 10.0 Å². The largest absolute Gasteiger partial charge is 0.404 e. The first-order chi connectivity index (χ1) is 16.5. The maximum absolute atomic E-state index is 12.9. The Morgan fingerprint density at radius 3 is 2.39 bits per heavy atom. The third-order valence-electron chi connectivity index (χ3n) is 5.67. The van der Waals surface area contributed by atoms with Gasteiger partial charge in [0.15, 0.2) is 5.01 Å². The lowest BCUT2D eigenvalue weighted by Crippen LogP contribution is -2.43. The van der Waals surface area contributed by atoms with Gasteiger partial charge in [0.25, 0.3) is 5.91 Å². The number of sulfonamides is 1. The first kappa shape index (κ1) is 29.1. The Morgan fingerprint density at radius 2 is 1.83 bits per heavy atom. The summed E-state index contributed by atoms with van der Waals surface area (Å²) in [5, 5.41) is 12.1. The molecule has 0 bridgehead atoms. The lowest BCUT2D eigenvalue weighted by atomic mass is 10.00. The molecule has 1 aromatic heterocycles. The van der Waals surface area contributed by atoms with Crippen molar-refractivity contribution in [2.24, 2.45) is 0 Å². The Balaban J connectivity index is 2.02. The number of thiazole rings is 1. The van der Waals surface area contributed by atoms with Crippen LogP contribution in [0.1, 0.15) is 67.9 Å². The van der Waals surface area contributed by atoms with Gasteiger partial charge in [-0.05, 0) is 39.7 Å². The molecule has 1 aliphatic carbocycles.